The highest BCUT2D eigenvalue weighted by molar-refractivity contribution is 7.98. The van der Waals surface area contributed by atoms with Crippen LogP contribution in [0.4, 0.5) is 0 Å². The van der Waals surface area contributed by atoms with E-state index in [2.05, 4.69) is 25.3 Å². The fourth-order valence-corrected chi connectivity index (χ4v) is 2.77. The van der Waals surface area contributed by atoms with Crippen molar-refractivity contribution in [2.75, 3.05) is 6.26 Å². The molecular formula is C15H18OS. The average Bonchev–Trinajstić information content (AvgIpc) is 2.38. The topological polar surface area (TPSA) is 20.2 Å². The van der Waals surface area contributed by atoms with Crippen LogP contribution in [0.25, 0.3) is 10.8 Å². The van der Waals surface area contributed by atoms with Crippen molar-refractivity contribution in [2.45, 2.75) is 31.1 Å². The maximum Gasteiger partial charge on any atom is 0.126 e. The molecule has 90 valence electrons. The molecule has 2 rings (SSSR count). The maximum absolute atomic E-state index is 10.3. The second-order valence-corrected chi connectivity index (χ2v) is 5.08. The van der Waals surface area contributed by atoms with Gasteiger partial charge in [0.05, 0.1) is 0 Å². The molecule has 17 heavy (non-hydrogen) atoms. The van der Waals surface area contributed by atoms with E-state index in [1.54, 1.807) is 11.8 Å². The minimum atomic E-state index is 0.465. The first-order chi connectivity index (χ1) is 8.27. The number of aromatic hydroxyl groups is 1. The quantitative estimate of drug-likeness (QED) is 0.795. The van der Waals surface area contributed by atoms with Gasteiger partial charge in [-0.2, -0.15) is 0 Å². The van der Waals surface area contributed by atoms with Crippen LogP contribution in [0, 0.1) is 0 Å². The van der Waals surface area contributed by atoms with Crippen LogP contribution in [0.5, 0.6) is 5.75 Å². The van der Waals surface area contributed by atoms with Crippen molar-refractivity contribution in [1.82, 2.24) is 0 Å². The zero-order valence-electron chi connectivity index (χ0n) is 10.4. The van der Waals surface area contributed by atoms with Crippen LogP contribution >= 0.6 is 11.8 Å². The Labute approximate surface area is 107 Å². The molecule has 0 radical (unpaired) electrons. The van der Waals surface area contributed by atoms with E-state index in [0.717, 1.165) is 35.6 Å². The molecular weight excluding hydrogens is 228 g/mol. The Bertz CT molecular complexity index is 520. The van der Waals surface area contributed by atoms with Gasteiger partial charge in [-0.1, -0.05) is 37.6 Å². The fourth-order valence-electron chi connectivity index (χ4n) is 2.11. The van der Waals surface area contributed by atoms with E-state index in [4.69, 9.17) is 0 Å². The highest BCUT2D eigenvalue weighted by atomic mass is 32.2. The number of phenols is 1. The molecule has 0 spiro atoms. The second-order valence-electron chi connectivity index (χ2n) is 4.24. The molecule has 0 amide bonds. The van der Waals surface area contributed by atoms with Crippen LogP contribution in [-0.2, 0) is 6.42 Å². The van der Waals surface area contributed by atoms with Crippen LogP contribution in [0.1, 0.15) is 25.3 Å². The molecule has 0 unspecified atom stereocenters. The van der Waals surface area contributed by atoms with Crippen molar-refractivity contribution >= 4 is 22.5 Å². The monoisotopic (exact) mass is 246 g/mol. The Morgan fingerprint density at radius 3 is 2.53 bits per heavy atom. The van der Waals surface area contributed by atoms with Gasteiger partial charge in [-0.15, -0.1) is 11.8 Å². The van der Waals surface area contributed by atoms with E-state index in [-0.39, 0.29) is 0 Å². The minimum absolute atomic E-state index is 0.465. The third-order valence-corrected chi connectivity index (χ3v) is 3.85. The van der Waals surface area contributed by atoms with Crippen molar-refractivity contribution in [2.24, 2.45) is 0 Å². The molecule has 0 aliphatic rings. The molecule has 2 aromatic rings. The standard InChI is InChI=1S/C15H18OS/c1-3-4-7-11-10-14(17-2)12-8-5-6-9-13(12)15(11)16/h5-6,8-10,16H,3-4,7H2,1-2H3. The minimum Gasteiger partial charge on any atom is -0.507 e. The van der Waals surface area contributed by atoms with Gasteiger partial charge in [-0.3, -0.25) is 0 Å². The summed E-state index contributed by atoms with van der Waals surface area (Å²) in [6.07, 6.45) is 5.32. The average molecular weight is 246 g/mol. The number of phenolic OH excluding ortho intramolecular Hbond substituents is 1. The molecule has 0 saturated carbocycles. The van der Waals surface area contributed by atoms with Gasteiger partial charge < -0.3 is 5.11 Å². The number of rotatable bonds is 4. The summed E-state index contributed by atoms with van der Waals surface area (Å²) in [5, 5.41) is 12.4. The molecule has 0 saturated heterocycles. The predicted molar refractivity (Wildman–Crippen MR) is 76.0 cm³/mol. The zero-order valence-corrected chi connectivity index (χ0v) is 11.2. The molecule has 2 aromatic carbocycles. The van der Waals surface area contributed by atoms with E-state index in [1.165, 1.54) is 4.90 Å². The van der Waals surface area contributed by atoms with Crippen LogP contribution < -0.4 is 0 Å². The van der Waals surface area contributed by atoms with Crippen molar-refractivity contribution < 1.29 is 5.11 Å². The van der Waals surface area contributed by atoms with Gasteiger partial charge in [0.2, 0.25) is 0 Å². The van der Waals surface area contributed by atoms with E-state index >= 15 is 0 Å². The normalized spacial score (nSPS) is 10.9. The lowest BCUT2D eigenvalue weighted by Crippen LogP contribution is -1.89. The Morgan fingerprint density at radius 1 is 1.18 bits per heavy atom. The van der Waals surface area contributed by atoms with Crippen molar-refractivity contribution in [3.63, 3.8) is 0 Å². The van der Waals surface area contributed by atoms with E-state index < -0.39 is 0 Å². The molecule has 0 aliphatic carbocycles. The summed E-state index contributed by atoms with van der Waals surface area (Å²) in [5.74, 6) is 0.465. The molecule has 2 heteroatoms. The van der Waals surface area contributed by atoms with Crippen molar-refractivity contribution in [1.29, 1.82) is 0 Å². The number of hydrogen-bond acceptors (Lipinski definition) is 2. The third-order valence-electron chi connectivity index (χ3n) is 3.08. The summed E-state index contributed by atoms with van der Waals surface area (Å²) in [7, 11) is 0. The highest BCUT2D eigenvalue weighted by Crippen LogP contribution is 2.36. The molecule has 0 atom stereocenters. The van der Waals surface area contributed by atoms with Crippen LogP contribution in [-0.4, -0.2) is 11.4 Å². The van der Waals surface area contributed by atoms with Crippen molar-refractivity contribution in [3.05, 3.63) is 35.9 Å². The number of benzene rings is 2. The summed E-state index contributed by atoms with van der Waals surface area (Å²) in [6, 6.07) is 10.2. The van der Waals surface area contributed by atoms with E-state index in [9.17, 15) is 5.11 Å². The van der Waals surface area contributed by atoms with E-state index in [0.29, 0.717) is 5.75 Å². The molecule has 0 aromatic heterocycles. The summed E-state index contributed by atoms with van der Waals surface area (Å²) < 4.78 is 0. The van der Waals surface area contributed by atoms with Gasteiger partial charge in [0, 0.05) is 10.3 Å². The molecule has 0 heterocycles. The van der Waals surface area contributed by atoms with Gasteiger partial charge in [0.1, 0.15) is 5.75 Å². The van der Waals surface area contributed by atoms with E-state index in [1.807, 2.05) is 18.2 Å². The molecule has 0 aliphatic heterocycles. The van der Waals surface area contributed by atoms with Crippen molar-refractivity contribution in [3.8, 4) is 5.75 Å². The largest absolute Gasteiger partial charge is 0.507 e. The Balaban J connectivity index is 2.58. The number of thioether (sulfide) groups is 1. The lowest BCUT2D eigenvalue weighted by atomic mass is 10.0. The van der Waals surface area contributed by atoms with Crippen LogP contribution in [0.3, 0.4) is 0 Å². The third kappa shape index (κ3) is 2.42. The molecule has 0 fully saturated rings. The predicted octanol–water partition coefficient (Wildman–Crippen LogP) is 4.61. The summed E-state index contributed by atoms with van der Waals surface area (Å²) in [6.45, 7) is 2.17. The van der Waals surface area contributed by atoms with Gasteiger partial charge in [-0.05, 0) is 36.1 Å². The first-order valence-electron chi connectivity index (χ1n) is 6.05. The summed E-state index contributed by atoms with van der Waals surface area (Å²) in [4.78, 5) is 1.25. The Kier molecular flexibility index (Phi) is 3.95. The summed E-state index contributed by atoms with van der Waals surface area (Å²) in [5.41, 5.74) is 1.08. The molecule has 1 N–H and O–H groups in total. The first-order valence-corrected chi connectivity index (χ1v) is 7.28. The van der Waals surface area contributed by atoms with Crippen LogP contribution in [0.15, 0.2) is 35.2 Å². The summed E-state index contributed by atoms with van der Waals surface area (Å²) >= 11 is 1.74. The van der Waals surface area contributed by atoms with Gasteiger partial charge in [0.15, 0.2) is 0 Å². The number of fused-ring (bicyclic) bond motifs is 1. The Morgan fingerprint density at radius 2 is 1.88 bits per heavy atom. The number of unbranched alkanes of at least 4 members (excludes halogenated alkanes) is 1. The number of aryl methyl sites for hydroxylation is 1. The maximum atomic E-state index is 10.3. The fraction of sp³-hybridized carbons (Fsp3) is 0.333. The Hall–Kier alpha value is -1.15. The lowest BCUT2D eigenvalue weighted by molar-refractivity contribution is 0.473. The smallest absolute Gasteiger partial charge is 0.126 e. The van der Waals surface area contributed by atoms with Gasteiger partial charge >= 0.3 is 0 Å². The number of hydrogen-bond donors (Lipinski definition) is 1. The SMILES string of the molecule is CCCCc1cc(SC)c2ccccc2c1O. The van der Waals surface area contributed by atoms with Crippen LogP contribution in [0.2, 0.25) is 0 Å². The molecule has 0 bridgehead atoms. The van der Waals surface area contributed by atoms with Gasteiger partial charge in [0.25, 0.3) is 0 Å². The highest BCUT2D eigenvalue weighted by Gasteiger charge is 2.09. The zero-order chi connectivity index (χ0) is 12.3. The lowest BCUT2D eigenvalue weighted by Gasteiger charge is -2.11. The first kappa shape index (κ1) is 12.3. The van der Waals surface area contributed by atoms with Gasteiger partial charge in [-0.25, -0.2) is 0 Å². The molecule has 1 nitrogen and oxygen atoms in total. The second kappa shape index (κ2) is 5.46.